The first-order valence-electron chi connectivity index (χ1n) is 6.94. The van der Waals surface area contributed by atoms with Crippen LogP contribution >= 0.6 is 0 Å². The largest absolute Gasteiger partial charge is 0.492 e. The number of hydrogen-bond acceptors (Lipinski definition) is 4. The first-order valence-corrected chi connectivity index (χ1v) is 6.94. The summed E-state index contributed by atoms with van der Waals surface area (Å²) < 4.78 is 7.17. The van der Waals surface area contributed by atoms with Gasteiger partial charge in [-0.2, -0.15) is 5.10 Å². The minimum Gasteiger partial charge on any atom is -0.492 e. The van der Waals surface area contributed by atoms with Crippen LogP contribution in [-0.4, -0.2) is 28.0 Å². The Labute approximate surface area is 122 Å². The number of Topliss-reactive ketones (excluding diaryl/α,β-unsaturated/α-hetero) is 2. The van der Waals surface area contributed by atoms with Crippen LogP contribution in [0.5, 0.6) is 5.75 Å². The molecular formula is C16H16N2O3. The van der Waals surface area contributed by atoms with E-state index in [2.05, 4.69) is 5.10 Å². The fourth-order valence-electron chi connectivity index (χ4n) is 2.62. The average molecular weight is 284 g/mol. The van der Waals surface area contributed by atoms with E-state index in [0.717, 1.165) is 0 Å². The Morgan fingerprint density at radius 3 is 2.95 bits per heavy atom. The summed E-state index contributed by atoms with van der Waals surface area (Å²) in [5, 5.41) is 4.26. The molecule has 1 aromatic carbocycles. The van der Waals surface area contributed by atoms with Crippen LogP contribution < -0.4 is 4.74 Å². The summed E-state index contributed by atoms with van der Waals surface area (Å²) in [6.45, 7) is 2.03. The summed E-state index contributed by atoms with van der Waals surface area (Å²) in [6, 6.07) is 7.02. The van der Waals surface area contributed by atoms with Gasteiger partial charge in [0.05, 0.1) is 16.8 Å². The topological polar surface area (TPSA) is 61.2 Å². The van der Waals surface area contributed by atoms with Gasteiger partial charge < -0.3 is 4.74 Å². The fraction of sp³-hybridized carbons (Fsp3) is 0.312. The molecule has 0 radical (unpaired) electrons. The molecule has 3 rings (SSSR count). The van der Waals surface area contributed by atoms with E-state index in [1.165, 1.54) is 0 Å². The summed E-state index contributed by atoms with van der Waals surface area (Å²) in [5.41, 5.74) is 1.71. The molecule has 0 saturated carbocycles. The third-order valence-electron chi connectivity index (χ3n) is 3.70. The van der Waals surface area contributed by atoms with E-state index in [1.54, 1.807) is 36.1 Å². The van der Waals surface area contributed by atoms with Crippen LogP contribution in [0.4, 0.5) is 0 Å². The molecule has 0 spiro atoms. The summed E-state index contributed by atoms with van der Waals surface area (Å²) in [5.74, 6) is -0.616. The zero-order valence-corrected chi connectivity index (χ0v) is 12.0. The molecule has 1 atom stereocenters. The Hall–Kier alpha value is -2.43. The second kappa shape index (κ2) is 5.16. The molecule has 1 aliphatic heterocycles. The first kappa shape index (κ1) is 13.5. The predicted octanol–water partition coefficient (Wildman–Crippen LogP) is 2.06. The van der Waals surface area contributed by atoms with Gasteiger partial charge in [-0.05, 0) is 18.6 Å². The first-order chi connectivity index (χ1) is 10.1. The summed E-state index contributed by atoms with van der Waals surface area (Å²) >= 11 is 0. The Balaban J connectivity index is 1.95. The maximum Gasteiger partial charge on any atom is 0.180 e. The van der Waals surface area contributed by atoms with E-state index in [-0.39, 0.29) is 18.2 Å². The average Bonchev–Trinajstić information content (AvgIpc) is 2.88. The lowest BCUT2D eigenvalue weighted by Gasteiger charge is -2.22. The number of aryl methyl sites for hydroxylation is 2. The van der Waals surface area contributed by atoms with Gasteiger partial charge in [-0.1, -0.05) is 19.1 Å². The molecule has 5 heteroatoms. The Morgan fingerprint density at radius 1 is 1.43 bits per heavy atom. The number of aromatic nitrogens is 2. The summed E-state index contributed by atoms with van der Waals surface area (Å²) in [7, 11) is 1.77. The molecular weight excluding hydrogens is 268 g/mol. The minimum atomic E-state index is -0.783. The smallest absolute Gasteiger partial charge is 0.180 e. The fourth-order valence-corrected chi connectivity index (χ4v) is 2.62. The molecule has 5 nitrogen and oxygen atoms in total. The van der Waals surface area contributed by atoms with Crippen LogP contribution in [0.25, 0.3) is 0 Å². The van der Waals surface area contributed by atoms with Crippen molar-refractivity contribution < 1.29 is 14.3 Å². The number of carbonyl (C=O) groups excluding carboxylic acids is 2. The maximum atomic E-state index is 12.7. The van der Waals surface area contributed by atoms with E-state index < -0.39 is 5.92 Å². The molecule has 0 bridgehead atoms. The second-order valence-electron chi connectivity index (χ2n) is 5.10. The van der Waals surface area contributed by atoms with Crippen molar-refractivity contribution in [3.8, 4) is 5.75 Å². The van der Waals surface area contributed by atoms with Gasteiger partial charge in [0.25, 0.3) is 0 Å². The highest BCUT2D eigenvalue weighted by atomic mass is 16.5. The minimum absolute atomic E-state index is 0.0900. The van der Waals surface area contributed by atoms with Gasteiger partial charge in [-0.25, -0.2) is 0 Å². The number of nitrogens with zero attached hydrogens (tertiary/aromatic N) is 2. The van der Waals surface area contributed by atoms with Crippen molar-refractivity contribution in [1.82, 2.24) is 9.78 Å². The predicted molar refractivity (Wildman–Crippen MR) is 76.7 cm³/mol. The quantitative estimate of drug-likeness (QED) is 0.639. The van der Waals surface area contributed by atoms with Crippen molar-refractivity contribution in [2.24, 2.45) is 13.0 Å². The lowest BCUT2D eigenvalue weighted by molar-refractivity contribution is 0.0722. The molecule has 1 unspecified atom stereocenters. The molecule has 0 aliphatic carbocycles. The van der Waals surface area contributed by atoms with Gasteiger partial charge in [-0.3, -0.25) is 14.3 Å². The normalized spacial score (nSPS) is 17.2. The van der Waals surface area contributed by atoms with E-state index in [1.807, 2.05) is 13.0 Å². The molecule has 0 N–H and O–H groups in total. The number of fused-ring (bicyclic) bond motifs is 1. The second-order valence-corrected chi connectivity index (χ2v) is 5.10. The van der Waals surface area contributed by atoms with E-state index in [9.17, 15) is 9.59 Å². The molecule has 2 aromatic rings. The standard InChI is InChI=1S/C16H16N2O3/c1-3-13-11(8-18(2)17-13)16(20)12-9-21-14-7-5-4-6-10(14)15(12)19/h4-8,12H,3,9H2,1-2H3. The van der Waals surface area contributed by atoms with Crippen LogP contribution in [0.15, 0.2) is 30.5 Å². The van der Waals surface area contributed by atoms with Crippen molar-refractivity contribution in [1.29, 1.82) is 0 Å². The van der Waals surface area contributed by atoms with Crippen molar-refractivity contribution in [2.75, 3.05) is 6.61 Å². The SMILES string of the molecule is CCc1nn(C)cc1C(=O)C1COc2ccccc2C1=O. The molecule has 0 amide bonds. The number of benzene rings is 1. The number of para-hydroxylation sites is 1. The molecule has 1 aliphatic rings. The zero-order valence-electron chi connectivity index (χ0n) is 12.0. The van der Waals surface area contributed by atoms with Crippen molar-refractivity contribution in [3.05, 3.63) is 47.3 Å². The number of rotatable bonds is 3. The number of ether oxygens (including phenoxy) is 1. The molecule has 0 fully saturated rings. The lowest BCUT2D eigenvalue weighted by atomic mass is 9.88. The van der Waals surface area contributed by atoms with E-state index >= 15 is 0 Å². The third-order valence-corrected chi connectivity index (χ3v) is 3.70. The molecule has 108 valence electrons. The van der Waals surface area contributed by atoms with Crippen molar-refractivity contribution >= 4 is 11.6 Å². The molecule has 21 heavy (non-hydrogen) atoms. The van der Waals surface area contributed by atoms with E-state index in [4.69, 9.17) is 4.74 Å². The van der Waals surface area contributed by atoms with Gasteiger partial charge in [0.1, 0.15) is 18.3 Å². The lowest BCUT2D eigenvalue weighted by Crippen LogP contribution is -2.34. The van der Waals surface area contributed by atoms with Crippen LogP contribution in [0.3, 0.4) is 0 Å². The van der Waals surface area contributed by atoms with Crippen LogP contribution in [0.1, 0.15) is 33.3 Å². The van der Waals surface area contributed by atoms with Gasteiger partial charge in [0.15, 0.2) is 11.6 Å². The molecule has 0 saturated heterocycles. The number of hydrogen-bond donors (Lipinski definition) is 0. The number of ketones is 2. The van der Waals surface area contributed by atoms with E-state index in [0.29, 0.717) is 29.0 Å². The highest BCUT2D eigenvalue weighted by molar-refractivity contribution is 6.17. The Morgan fingerprint density at radius 2 is 2.19 bits per heavy atom. The van der Waals surface area contributed by atoms with Crippen LogP contribution in [-0.2, 0) is 13.5 Å². The van der Waals surface area contributed by atoms with Crippen LogP contribution in [0.2, 0.25) is 0 Å². The monoisotopic (exact) mass is 284 g/mol. The zero-order chi connectivity index (χ0) is 15.0. The third kappa shape index (κ3) is 2.24. The molecule has 1 aromatic heterocycles. The molecule has 2 heterocycles. The van der Waals surface area contributed by atoms with Crippen molar-refractivity contribution in [3.63, 3.8) is 0 Å². The van der Waals surface area contributed by atoms with Gasteiger partial charge in [-0.15, -0.1) is 0 Å². The number of carbonyl (C=O) groups is 2. The van der Waals surface area contributed by atoms with Gasteiger partial charge in [0.2, 0.25) is 0 Å². The Kier molecular flexibility index (Phi) is 3.33. The van der Waals surface area contributed by atoms with Crippen molar-refractivity contribution in [2.45, 2.75) is 13.3 Å². The van der Waals surface area contributed by atoms with Gasteiger partial charge >= 0.3 is 0 Å². The highest BCUT2D eigenvalue weighted by Gasteiger charge is 2.35. The van der Waals surface area contributed by atoms with Gasteiger partial charge in [0, 0.05) is 13.2 Å². The Bertz CT molecular complexity index is 718. The maximum absolute atomic E-state index is 12.7. The summed E-state index contributed by atoms with van der Waals surface area (Å²) in [4.78, 5) is 25.2. The van der Waals surface area contributed by atoms with Crippen LogP contribution in [0, 0.1) is 5.92 Å². The summed E-state index contributed by atoms with van der Waals surface area (Å²) in [6.07, 6.45) is 2.33. The highest BCUT2D eigenvalue weighted by Crippen LogP contribution is 2.29.